The SMILES string of the molecule is CC(=O)n1cc(/C=N\NC(=O)CC#N)c2ccccc21. The highest BCUT2D eigenvalue weighted by Gasteiger charge is 2.08. The third-order valence-corrected chi connectivity index (χ3v) is 2.71. The lowest BCUT2D eigenvalue weighted by molar-refractivity contribution is -0.120. The van der Waals surface area contributed by atoms with Gasteiger partial charge in [-0.1, -0.05) is 18.2 Å². The Hall–Kier alpha value is -2.94. The molecule has 1 N–H and O–H groups in total. The molecule has 1 aromatic carbocycles. The van der Waals surface area contributed by atoms with Gasteiger partial charge in [-0.05, 0) is 6.07 Å². The minimum absolute atomic E-state index is 0.102. The van der Waals surface area contributed by atoms with E-state index < -0.39 is 5.91 Å². The third kappa shape index (κ3) is 2.72. The summed E-state index contributed by atoms with van der Waals surface area (Å²) in [6.07, 6.45) is 2.87. The molecule has 0 atom stereocenters. The molecule has 1 heterocycles. The molecule has 0 bridgehead atoms. The van der Waals surface area contributed by atoms with Crippen molar-refractivity contribution in [2.45, 2.75) is 13.3 Å². The monoisotopic (exact) mass is 268 g/mol. The Kier molecular flexibility index (Phi) is 3.91. The molecule has 0 aliphatic rings. The van der Waals surface area contributed by atoms with Gasteiger partial charge in [-0.25, -0.2) is 5.43 Å². The Balaban J connectivity index is 2.31. The van der Waals surface area contributed by atoms with E-state index in [1.807, 2.05) is 24.3 Å². The van der Waals surface area contributed by atoms with Crippen LogP contribution in [0.4, 0.5) is 0 Å². The van der Waals surface area contributed by atoms with Crippen molar-refractivity contribution in [2.75, 3.05) is 0 Å². The van der Waals surface area contributed by atoms with E-state index in [0.29, 0.717) is 5.56 Å². The van der Waals surface area contributed by atoms with E-state index in [-0.39, 0.29) is 12.3 Å². The van der Waals surface area contributed by atoms with Gasteiger partial charge in [0.05, 0.1) is 17.8 Å². The Labute approximate surface area is 115 Å². The van der Waals surface area contributed by atoms with Crippen molar-refractivity contribution in [3.05, 3.63) is 36.0 Å². The second-order valence-corrected chi connectivity index (χ2v) is 4.12. The van der Waals surface area contributed by atoms with E-state index in [0.717, 1.165) is 10.9 Å². The molecule has 0 fully saturated rings. The van der Waals surface area contributed by atoms with Crippen LogP contribution < -0.4 is 5.43 Å². The zero-order valence-electron chi connectivity index (χ0n) is 10.8. The molecule has 1 aromatic heterocycles. The van der Waals surface area contributed by atoms with E-state index in [1.165, 1.54) is 17.7 Å². The average molecular weight is 268 g/mol. The largest absolute Gasteiger partial charge is 0.287 e. The number of fused-ring (bicyclic) bond motifs is 1. The topological polar surface area (TPSA) is 87.2 Å². The second kappa shape index (κ2) is 5.80. The lowest BCUT2D eigenvalue weighted by atomic mass is 10.2. The molecule has 6 heteroatoms. The molecule has 2 aromatic rings. The number of nitrogens with one attached hydrogen (secondary N) is 1. The van der Waals surface area contributed by atoms with Crippen molar-refractivity contribution in [1.82, 2.24) is 9.99 Å². The number of para-hydroxylation sites is 1. The van der Waals surface area contributed by atoms with Gasteiger partial charge in [0.2, 0.25) is 5.91 Å². The lowest BCUT2D eigenvalue weighted by Crippen LogP contribution is -2.16. The van der Waals surface area contributed by atoms with Crippen LogP contribution in [0, 0.1) is 11.3 Å². The van der Waals surface area contributed by atoms with Crippen molar-refractivity contribution in [1.29, 1.82) is 5.26 Å². The van der Waals surface area contributed by atoms with Gasteiger partial charge in [-0.3, -0.25) is 14.2 Å². The van der Waals surface area contributed by atoms with Crippen LogP contribution in [0.5, 0.6) is 0 Å². The average Bonchev–Trinajstić information content (AvgIpc) is 2.79. The van der Waals surface area contributed by atoms with Crippen LogP contribution in [0.1, 0.15) is 23.7 Å². The number of hydrogen-bond donors (Lipinski definition) is 1. The van der Waals surface area contributed by atoms with Crippen LogP contribution in [0.15, 0.2) is 35.6 Å². The second-order valence-electron chi connectivity index (χ2n) is 4.12. The number of carbonyl (C=O) groups is 2. The number of carbonyl (C=O) groups excluding carboxylic acids is 2. The smallest absolute Gasteiger partial charge is 0.254 e. The maximum Gasteiger partial charge on any atom is 0.254 e. The molecule has 2 rings (SSSR count). The van der Waals surface area contributed by atoms with Gasteiger partial charge in [0.15, 0.2) is 0 Å². The van der Waals surface area contributed by atoms with Crippen molar-refractivity contribution in [3.8, 4) is 6.07 Å². The van der Waals surface area contributed by atoms with Gasteiger partial charge < -0.3 is 0 Å². The van der Waals surface area contributed by atoms with E-state index >= 15 is 0 Å². The Morgan fingerprint density at radius 1 is 1.45 bits per heavy atom. The summed E-state index contributed by atoms with van der Waals surface area (Å²) in [7, 11) is 0. The Bertz CT molecular complexity index is 737. The fourth-order valence-corrected chi connectivity index (χ4v) is 1.85. The first-order chi connectivity index (χ1) is 9.63. The molecular formula is C14H12N4O2. The fourth-order valence-electron chi connectivity index (χ4n) is 1.85. The minimum Gasteiger partial charge on any atom is -0.287 e. The first kappa shape index (κ1) is 13.5. The normalized spacial score (nSPS) is 10.6. The summed E-state index contributed by atoms with van der Waals surface area (Å²) in [5, 5.41) is 13.0. The van der Waals surface area contributed by atoms with Crippen molar-refractivity contribution < 1.29 is 9.59 Å². The van der Waals surface area contributed by atoms with E-state index in [2.05, 4.69) is 10.5 Å². The molecule has 0 aliphatic carbocycles. The quantitative estimate of drug-likeness (QED) is 0.678. The van der Waals surface area contributed by atoms with Crippen LogP contribution >= 0.6 is 0 Å². The lowest BCUT2D eigenvalue weighted by Gasteiger charge is -1.96. The Morgan fingerprint density at radius 2 is 2.20 bits per heavy atom. The highest BCUT2D eigenvalue weighted by atomic mass is 16.2. The summed E-state index contributed by atoms with van der Waals surface area (Å²) < 4.78 is 1.52. The maximum atomic E-state index is 11.6. The van der Waals surface area contributed by atoms with Gasteiger partial charge >= 0.3 is 0 Å². The number of aromatic nitrogens is 1. The van der Waals surface area contributed by atoms with Gasteiger partial charge in [0, 0.05) is 24.1 Å². The maximum absolute atomic E-state index is 11.6. The summed E-state index contributed by atoms with van der Waals surface area (Å²) in [6, 6.07) is 9.14. The molecule has 0 aliphatic heterocycles. The molecule has 100 valence electrons. The zero-order valence-corrected chi connectivity index (χ0v) is 10.8. The van der Waals surface area contributed by atoms with Gasteiger partial charge in [0.1, 0.15) is 6.42 Å². The molecule has 0 radical (unpaired) electrons. The number of nitrogens with zero attached hydrogens (tertiary/aromatic N) is 3. The predicted molar refractivity (Wildman–Crippen MR) is 74.2 cm³/mol. The van der Waals surface area contributed by atoms with Gasteiger partial charge in [-0.2, -0.15) is 10.4 Å². The molecule has 6 nitrogen and oxygen atoms in total. The number of amides is 1. The van der Waals surface area contributed by atoms with Crippen LogP contribution in [-0.2, 0) is 4.79 Å². The number of hydrogen-bond acceptors (Lipinski definition) is 4. The summed E-state index contributed by atoms with van der Waals surface area (Å²) in [5.74, 6) is -0.576. The Morgan fingerprint density at radius 3 is 2.90 bits per heavy atom. The van der Waals surface area contributed by atoms with E-state index in [9.17, 15) is 9.59 Å². The van der Waals surface area contributed by atoms with E-state index in [4.69, 9.17) is 5.26 Å². The molecule has 20 heavy (non-hydrogen) atoms. The van der Waals surface area contributed by atoms with Crippen LogP contribution in [0.25, 0.3) is 10.9 Å². The number of rotatable bonds is 3. The van der Waals surface area contributed by atoms with Crippen molar-refractivity contribution in [3.63, 3.8) is 0 Å². The number of nitriles is 1. The van der Waals surface area contributed by atoms with E-state index in [1.54, 1.807) is 12.3 Å². The van der Waals surface area contributed by atoms with Gasteiger partial charge in [0.25, 0.3) is 5.91 Å². The molecule has 0 saturated carbocycles. The summed E-state index contributed by atoms with van der Waals surface area (Å²) >= 11 is 0. The molecular weight excluding hydrogens is 256 g/mol. The van der Waals surface area contributed by atoms with Crippen LogP contribution in [0.3, 0.4) is 0 Å². The first-order valence-corrected chi connectivity index (χ1v) is 5.93. The molecule has 0 unspecified atom stereocenters. The van der Waals surface area contributed by atoms with Crippen LogP contribution in [0.2, 0.25) is 0 Å². The highest BCUT2D eigenvalue weighted by Crippen LogP contribution is 2.19. The van der Waals surface area contributed by atoms with Crippen molar-refractivity contribution >= 4 is 28.9 Å². The highest BCUT2D eigenvalue weighted by molar-refractivity contribution is 6.03. The number of hydrazone groups is 1. The summed E-state index contributed by atoms with van der Waals surface area (Å²) in [4.78, 5) is 22.7. The molecule has 1 amide bonds. The first-order valence-electron chi connectivity index (χ1n) is 5.93. The third-order valence-electron chi connectivity index (χ3n) is 2.71. The standard InChI is InChI=1S/C14H12N4O2/c1-10(19)18-9-11(8-16-17-14(20)6-7-15)12-4-2-3-5-13(12)18/h2-5,8-9H,6H2,1H3,(H,17,20)/b16-8-. The van der Waals surface area contributed by atoms with Crippen molar-refractivity contribution in [2.24, 2.45) is 5.10 Å². The predicted octanol–water partition coefficient (Wildman–Crippen LogP) is 1.67. The minimum atomic E-state index is -0.473. The van der Waals surface area contributed by atoms with Gasteiger partial charge in [-0.15, -0.1) is 0 Å². The van der Waals surface area contributed by atoms with Crippen LogP contribution in [-0.4, -0.2) is 22.6 Å². The zero-order chi connectivity index (χ0) is 14.5. The summed E-state index contributed by atoms with van der Waals surface area (Å²) in [5.41, 5.74) is 3.75. The molecule has 0 spiro atoms. The molecule has 0 saturated heterocycles. The number of benzene rings is 1. The summed E-state index contributed by atoms with van der Waals surface area (Å²) in [6.45, 7) is 1.47. The fraction of sp³-hybridized carbons (Fsp3) is 0.143.